The average Bonchev–Trinajstić information content (AvgIpc) is 2.53. The van der Waals surface area contributed by atoms with E-state index in [4.69, 9.17) is 5.73 Å². The summed E-state index contributed by atoms with van der Waals surface area (Å²) >= 11 is 0. The molecule has 5 nitrogen and oxygen atoms in total. The predicted octanol–water partition coefficient (Wildman–Crippen LogP) is 0.831. The van der Waals surface area contributed by atoms with Gasteiger partial charge < -0.3 is 5.73 Å². The number of rotatable bonds is 4. The van der Waals surface area contributed by atoms with Gasteiger partial charge in [-0.25, -0.2) is 4.68 Å². The molecule has 0 spiro atoms. The monoisotopic (exact) mass is 224 g/mol. The van der Waals surface area contributed by atoms with Gasteiger partial charge in [0.05, 0.1) is 12.2 Å². The lowest BCUT2D eigenvalue weighted by atomic mass is 10.2. The van der Waals surface area contributed by atoms with E-state index >= 15 is 0 Å². The van der Waals surface area contributed by atoms with Gasteiger partial charge in [0, 0.05) is 19.2 Å². The third kappa shape index (κ3) is 2.24. The van der Waals surface area contributed by atoms with Crippen LogP contribution in [0.5, 0.6) is 0 Å². The molecule has 2 N–H and O–H groups in total. The molecule has 0 saturated carbocycles. The van der Waals surface area contributed by atoms with Crippen molar-refractivity contribution in [2.24, 2.45) is 5.73 Å². The van der Waals surface area contributed by atoms with Gasteiger partial charge in [-0.1, -0.05) is 6.92 Å². The van der Waals surface area contributed by atoms with Crippen LogP contribution in [0.2, 0.25) is 0 Å². The number of amides is 1. The number of nitrogens with two attached hydrogens (primary N) is 1. The summed E-state index contributed by atoms with van der Waals surface area (Å²) in [5.74, 6) is 0.759. The standard InChI is InChI=1S/C11H20N4O/c1-5-6-15-11(8(2)9(3)13-15)14(4)10(16)7-12/h5-7,12H2,1-4H3. The molecule has 0 radical (unpaired) electrons. The Morgan fingerprint density at radius 2 is 2.12 bits per heavy atom. The number of aromatic nitrogens is 2. The van der Waals surface area contributed by atoms with E-state index in [0.717, 1.165) is 30.0 Å². The van der Waals surface area contributed by atoms with Gasteiger partial charge in [0.15, 0.2) is 0 Å². The van der Waals surface area contributed by atoms with Gasteiger partial charge in [-0.05, 0) is 20.3 Å². The molecule has 0 fully saturated rings. The zero-order valence-electron chi connectivity index (χ0n) is 10.4. The molecule has 0 aromatic carbocycles. The Morgan fingerprint density at radius 1 is 1.50 bits per heavy atom. The fraction of sp³-hybridized carbons (Fsp3) is 0.636. The highest BCUT2D eigenvalue weighted by atomic mass is 16.2. The molecule has 0 aliphatic heterocycles. The van der Waals surface area contributed by atoms with E-state index in [9.17, 15) is 4.79 Å². The number of hydrogen-bond acceptors (Lipinski definition) is 3. The Balaban J connectivity index is 3.14. The summed E-state index contributed by atoms with van der Waals surface area (Å²) in [6, 6.07) is 0. The first kappa shape index (κ1) is 12.7. The van der Waals surface area contributed by atoms with Crippen LogP contribution in [0, 0.1) is 13.8 Å². The molecule has 1 aromatic heterocycles. The molecule has 1 rings (SSSR count). The molecular weight excluding hydrogens is 204 g/mol. The van der Waals surface area contributed by atoms with Crippen LogP contribution in [0.1, 0.15) is 24.6 Å². The van der Waals surface area contributed by atoms with Crippen LogP contribution < -0.4 is 10.6 Å². The molecule has 0 aliphatic carbocycles. The number of anilines is 1. The second-order valence-corrected chi connectivity index (χ2v) is 3.91. The molecule has 16 heavy (non-hydrogen) atoms. The lowest BCUT2D eigenvalue weighted by Gasteiger charge is -2.18. The highest BCUT2D eigenvalue weighted by Crippen LogP contribution is 2.22. The second kappa shape index (κ2) is 5.12. The minimum absolute atomic E-state index is 0.0201. The van der Waals surface area contributed by atoms with E-state index in [0.29, 0.717) is 0 Å². The SMILES string of the molecule is CCCn1nc(C)c(C)c1N(C)C(=O)CN. The Bertz CT molecular complexity index is 384. The molecular formula is C11H20N4O. The maximum atomic E-state index is 11.6. The van der Waals surface area contributed by atoms with E-state index in [1.165, 1.54) is 0 Å². The summed E-state index contributed by atoms with van der Waals surface area (Å²) < 4.78 is 1.87. The van der Waals surface area contributed by atoms with Crippen molar-refractivity contribution in [2.45, 2.75) is 33.7 Å². The van der Waals surface area contributed by atoms with Gasteiger partial charge in [0.1, 0.15) is 5.82 Å². The molecule has 1 heterocycles. The van der Waals surface area contributed by atoms with Gasteiger partial charge in [-0.2, -0.15) is 5.10 Å². The van der Waals surface area contributed by atoms with Gasteiger partial charge >= 0.3 is 0 Å². The van der Waals surface area contributed by atoms with Gasteiger partial charge in [0.2, 0.25) is 5.91 Å². The van der Waals surface area contributed by atoms with E-state index in [1.807, 2.05) is 18.5 Å². The van der Waals surface area contributed by atoms with Crippen molar-refractivity contribution in [1.82, 2.24) is 9.78 Å². The molecule has 0 aliphatic rings. The molecule has 0 bridgehead atoms. The molecule has 0 atom stereocenters. The highest BCUT2D eigenvalue weighted by Gasteiger charge is 2.18. The zero-order chi connectivity index (χ0) is 12.3. The van der Waals surface area contributed by atoms with Crippen LogP contribution in [-0.4, -0.2) is 29.3 Å². The second-order valence-electron chi connectivity index (χ2n) is 3.91. The van der Waals surface area contributed by atoms with Crippen molar-refractivity contribution in [1.29, 1.82) is 0 Å². The van der Waals surface area contributed by atoms with Gasteiger partial charge in [-0.15, -0.1) is 0 Å². The smallest absolute Gasteiger partial charge is 0.241 e. The molecule has 0 unspecified atom stereocenters. The van der Waals surface area contributed by atoms with E-state index < -0.39 is 0 Å². The highest BCUT2D eigenvalue weighted by molar-refractivity contribution is 5.94. The summed E-state index contributed by atoms with van der Waals surface area (Å²) in [5, 5.41) is 4.42. The summed E-state index contributed by atoms with van der Waals surface area (Å²) in [6.45, 7) is 6.84. The summed E-state index contributed by atoms with van der Waals surface area (Å²) in [6.07, 6.45) is 0.984. The van der Waals surface area contributed by atoms with Crippen LogP contribution in [0.4, 0.5) is 5.82 Å². The number of hydrogen-bond donors (Lipinski definition) is 1. The number of nitrogens with zero attached hydrogens (tertiary/aromatic N) is 3. The van der Waals surface area contributed by atoms with Crippen LogP contribution >= 0.6 is 0 Å². The number of carbonyl (C=O) groups is 1. The van der Waals surface area contributed by atoms with Crippen molar-refractivity contribution in [3.8, 4) is 0 Å². The van der Waals surface area contributed by atoms with Crippen molar-refractivity contribution in [3.05, 3.63) is 11.3 Å². The third-order valence-electron chi connectivity index (χ3n) is 2.70. The fourth-order valence-corrected chi connectivity index (χ4v) is 1.71. The van der Waals surface area contributed by atoms with Crippen molar-refractivity contribution < 1.29 is 4.79 Å². The lowest BCUT2D eigenvalue weighted by molar-refractivity contribution is -0.117. The van der Waals surface area contributed by atoms with E-state index in [-0.39, 0.29) is 12.5 Å². The minimum atomic E-state index is -0.0969. The van der Waals surface area contributed by atoms with E-state index in [1.54, 1.807) is 11.9 Å². The quantitative estimate of drug-likeness (QED) is 0.824. The largest absolute Gasteiger partial charge is 0.322 e. The van der Waals surface area contributed by atoms with Gasteiger partial charge in [0.25, 0.3) is 0 Å². The summed E-state index contributed by atoms with van der Waals surface area (Å²) in [7, 11) is 1.74. The first-order valence-electron chi connectivity index (χ1n) is 5.53. The molecule has 90 valence electrons. The van der Waals surface area contributed by atoms with Crippen LogP contribution in [0.3, 0.4) is 0 Å². The molecule has 0 saturated heterocycles. The Kier molecular flexibility index (Phi) is 4.06. The Labute approximate surface area is 96.2 Å². The molecule has 1 aromatic rings. The Morgan fingerprint density at radius 3 is 2.62 bits per heavy atom. The van der Waals surface area contributed by atoms with Crippen molar-refractivity contribution >= 4 is 11.7 Å². The summed E-state index contributed by atoms with van der Waals surface area (Å²) in [5.41, 5.74) is 7.37. The zero-order valence-corrected chi connectivity index (χ0v) is 10.4. The first-order chi connectivity index (χ1) is 7.52. The van der Waals surface area contributed by atoms with Crippen molar-refractivity contribution in [3.63, 3.8) is 0 Å². The topological polar surface area (TPSA) is 64.2 Å². The maximum absolute atomic E-state index is 11.6. The lowest BCUT2D eigenvalue weighted by Crippen LogP contribution is -2.34. The normalized spacial score (nSPS) is 10.6. The molecule has 1 amide bonds. The van der Waals surface area contributed by atoms with Crippen LogP contribution in [-0.2, 0) is 11.3 Å². The minimum Gasteiger partial charge on any atom is -0.322 e. The predicted molar refractivity (Wildman–Crippen MR) is 64.5 cm³/mol. The first-order valence-corrected chi connectivity index (χ1v) is 5.53. The van der Waals surface area contributed by atoms with Crippen LogP contribution in [0.15, 0.2) is 0 Å². The summed E-state index contributed by atoms with van der Waals surface area (Å²) in [4.78, 5) is 13.2. The third-order valence-corrected chi connectivity index (χ3v) is 2.70. The Hall–Kier alpha value is -1.36. The van der Waals surface area contributed by atoms with Crippen LogP contribution in [0.25, 0.3) is 0 Å². The fourth-order valence-electron chi connectivity index (χ4n) is 1.71. The average molecular weight is 224 g/mol. The van der Waals surface area contributed by atoms with Gasteiger partial charge in [-0.3, -0.25) is 9.69 Å². The van der Waals surface area contributed by atoms with Crippen molar-refractivity contribution in [2.75, 3.05) is 18.5 Å². The number of carbonyl (C=O) groups excluding carboxylic acids is 1. The molecule has 5 heteroatoms. The maximum Gasteiger partial charge on any atom is 0.241 e. The number of aryl methyl sites for hydroxylation is 2. The van der Waals surface area contributed by atoms with E-state index in [2.05, 4.69) is 12.0 Å². The number of likely N-dealkylation sites (N-methyl/N-ethyl adjacent to an activating group) is 1.